The number of aromatic nitrogens is 5. The van der Waals surface area contributed by atoms with Gasteiger partial charge in [0.25, 0.3) is 5.56 Å². The van der Waals surface area contributed by atoms with E-state index in [1.165, 1.54) is 18.7 Å². The summed E-state index contributed by atoms with van der Waals surface area (Å²) in [5, 5.41) is 7.85. The maximum atomic E-state index is 12.0. The molecule has 2 N–H and O–H groups in total. The highest BCUT2D eigenvalue weighted by atomic mass is 16.2. The predicted molar refractivity (Wildman–Crippen MR) is 77.7 cm³/mol. The third kappa shape index (κ3) is 1.97. The Morgan fingerprint density at radius 3 is 2.33 bits per heavy atom. The van der Waals surface area contributed by atoms with Gasteiger partial charge in [-0.2, -0.15) is 0 Å². The molecule has 8 nitrogen and oxygen atoms in total. The number of anilines is 1. The fourth-order valence-corrected chi connectivity index (χ4v) is 2.01. The van der Waals surface area contributed by atoms with Crippen LogP contribution in [0.1, 0.15) is 0 Å². The van der Waals surface area contributed by atoms with Crippen molar-refractivity contribution >= 4 is 16.9 Å². The molecule has 0 aliphatic rings. The summed E-state index contributed by atoms with van der Waals surface area (Å²) >= 11 is 0. The summed E-state index contributed by atoms with van der Waals surface area (Å²) in [4.78, 5) is 28.2. The molecule has 1 aromatic carbocycles. The molecule has 8 heteroatoms. The average molecular weight is 284 g/mol. The Balaban J connectivity index is 2.33. The van der Waals surface area contributed by atoms with E-state index in [2.05, 4.69) is 15.2 Å². The maximum absolute atomic E-state index is 12.0. The molecule has 3 rings (SSSR count). The lowest BCUT2D eigenvalue weighted by molar-refractivity contribution is 0.700. The molecule has 0 radical (unpaired) electrons. The highest BCUT2D eigenvalue weighted by molar-refractivity contribution is 5.71. The molecular formula is C13H12N6O2. The molecule has 0 bridgehead atoms. The van der Waals surface area contributed by atoms with Crippen LogP contribution in [-0.2, 0) is 14.1 Å². The Hall–Kier alpha value is -3.03. The SMILES string of the molecule is Cn1c(=O)c2nnc(-c3ccc(N)cc3)nc2n(C)c1=O. The van der Waals surface area contributed by atoms with Crippen molar-refractivity contribution in [1.82, 2.24) is 24.3 Å². The van der Waals surface area contributed by atoms with E-state index in [0.29, 0.717) is 17.1 Å². The second-order valence-electron chi connectivity index (χ2n) is 4.64. The molecule has 0 spiro atoms. The molecular weight excluding hydrogens is 272 g/mol. The first-order chi connectivity index (χ1) is 9.99. The number of fused-ring (bicyclic) bond motifs is 1. The number of benzene rings is 1. The third-order valence-electron chi connectivity index (χ3n) is 3.24. The fraction of sp³-hybridized carbons (Fsp3) is 0.154. The van der Waals surface area contributed by atoms with E-state index in [1.54, 1.807) is 24.3 Å². The van der Waals surface area contributed by atoms with Crippen LogP contribution in [0.15, 0.2) is 33.9 Å². The summed E-state index contributed by atoms with van der Waals surface area (Å²) in [6.07, 6.45) is 0. The number of aryl methyl sites for hydroxylation is 1. The molecule has 2 aromatic heterocycles. The van der Waals surface area contributed by atoms with Crippen LogP contribution in [0.5, 0.6) is 0 Å². The van der Waals surface area contributed by atoms with Gasteiger partial charge in [0.15, 0.2) is 17.0 Å². The van der Waals surface area contributed by atoms with E-state index in [-0.39, 0.29) is 11.2 Å². The van der Waals surface area contributed by atoms with Crippen molar-refractivity contribution in [3.8, 4) is 11.4 Å². The van der Waals surface area contributed by atoms with Crippen LogP contribution in [0.4, 0.5) is 5.69 Å². The number of rotatable bonds is 1. The molecule has 21 heavy (non-hydrogen) atoms. The molecule has 0 saturated heterocycles. The van der Waals surface area contributed by atoms with Crippen LogP contribution in [0.2, 0.25) is 0 Å². The van der Waals surface area contributed by atoms with Crippen LogP contribution in [0, 0.1) is 0 Å². The van der Waals surface area contributed by atoms with E-state index in [1.807, 2.05) is 0 Å². The van der Waals surface area contributed by atoms with Crippen LogP contribution in [0.25, 0.3) is 22.6 Å². The fourth-order valence-electron chi connectivity index (χ4n) is 2.01. The first-order valence-electron chi connectivity index (χ1n) is 6.15. The second kappa shape index (κ2) is 4.51. The second-order valence-corrected chi connectivity index (χ2v) is 4.64. The van der Waals surface area contributed by atoms with Gasteiger partial charge >= 0.3 is 5.69 Å². The molecule has 2 heterocycles. The molecule has 0 amide bonds. The van der Waals surface area contributed by atoms with E-state index < -0.39 is 11.2 Å². The van der Waals surface area contributed by atoms with Crippen molar-refractivity contribution in [3.05, 3.63) is 45.1 Å². The summed E-state index contributed by atoms with van der Waals surface area (Å²) in [6, 6.07) is 6.92. The van der Waals surface area contributed by atoms with Gasteiger partial charge in [0.05, 0.1) is 0 Å². The van der Waals surface area contributed by atoms with Crippen molar-refractivity contribution in [3.63, 3.8) is 0 Å². The van der Waals surface area contributed by atoms with Crippen molar-refractivity contribution in [1.29, 1.82) is 0 Å². The Morgan fingerprint density at radius 1 is 1.00 bits per heavy atom. The van der Waals surface area contributed by atoms with Crippen molar-refractivity contribution in [2.45, 2.75) is 0 Å². The minimum atomic E-state index is -0.517. The maximum Gasteiger partial charge on any atom is 0.332 e. The minimum Gasteiger partial charge on any atom is -0.399 e. The summed E-state index contributed by atoms with van der Waals surface area (Å²) in [7, 11) is 2.92. The van der Waals surface area contributed by atoms with E-state index in [9.17, 15) is 9.59 Å². The molecule has 3 aromatic rings. The zero-order chi connectivity index (χ0) is 15.1. The Kier molecular flexibility index (Phi) is 2.79. The largest absolute Gasteiger partial charge is 0.399 e. The molecule has 0 saturated carbocycles. The lowest BCUT2D eigenvalue weighted by atomic mass is 10.2. The zero-order valence-electron chi connectivity index (χ0n) is 11.4. The van der Waals surface area contributed by atoms with Gasteiger partial charge < -0.3 is 5.73 Å². The van der Waals surface area contributed by atoms with Gasteiger partial charge in [-0.3, -0.25) is 13.9 Å². The van der Waals surface area contributed by atoms with Crippen LogP contribution in [-0.4, -0.2) is 24.3 Å². The van der Waals surface area contributed by atoms with Gasteiger partial charge in [0, 0.05) is 25.3 Å². The quantitative estimate of drug-likeness (QED) is 0.613. The Morgan fingerprint density at radius 2 is 1.67 bits per heavy atom. The summed E-state index contributed by atoms with van der Waals surface area (Å²) in [5.41, 5.74) is 6.22. The number of nitrogen functional groups attached to an aromatic ring is 1. The van der Waals surface area contributed by atoms with Gasteiger partial charge in [-0.25, -0.2) is 9.78 Å². The lowest BCUT2D eigenvalue weighted by Gasteiger charge is -2.06. The standard InChI is InChI=1S/C13H12N6O2/c1-18-11-9(12(20)19(2)13(18)21)16-17-10(15-11)7-3-5-8(14)6-4-7/h3-6H,14H2,1-2H3. The van der Waals surface area contributed by atoms with E-state index >= 15 is 0 Å². The van der Waals surface area contributed by atoms with Crippen molar-refractivity contribution < 1.29 is 0 Å². The van der Waals surface area contributed by atoms with Gasteiger partial charge in [0.2, 0.25) is 0 Å². The minimum absolute atomic E-state index is 0.0544. The average Bonchev–Trinajstić information content (AvgIpc) is 2.51. The number of nitrogens with two attached hydrogens (primary N) is 1. The third-order valence-corrected chi connectivity index (χ3v) is 3.24. The first-order valence-corrected chi connectivity index (χ1v) is 6.15. The van der Waals surface area contributed by atoms with E-state index in [0.717, 1.165) is 4.57 Å². The molecule has 0 unspecified atom stereocenters. The van der Waals surface area contributed by atoms with Crippen LogP contribution >= 0.6 is 0 Å². The van der Waals surface area contributed by atoms with Gasteiger partial charge in [-0.15, -0.1) is 10.2 Å². The number of hydrogen-bond acceptors (Lipinski definition) is 6. The van der Waals surface area contributed by atoms with E-state index in [4.69, 9.17) is 5.73 Å². The number of nitrogens with zero attached hydrogens (tertiary/aromatic N) is 5. The Bertz CT molecular complexity index is 955. The molecule has 0 aliphatic carbocycles. The number of hydrogen-bond donors (Lipinski definition) is 1. The predicted octanol–water partition coefficient (Wildman–Crippen LogP) is -0.329. The van der Waals surface area contributed by atoms with Gasteiger partial charge in [0.1, 0.15) is 0 Å². The zero-order valence-corrected chi connectivity index (χ0v) is 11.4. The highest BCUT2D eigenvalue weighted by Gasteiger charge is 2.13. The molecule has 106 valence electrons. The van der Waals surface area contributed by atoms with Crippen LogP contribution in [0.3, 0.4) is 0 Å². The highest BCUT2D eigenvalue weighted by Crippen LogP contribution is 2.16. The molecule has 0 fully saturated rings. The van der Waals surface area contributed by atoms with Gasteiger partial charge in [-0.05, 0) is 24.3 Å². The molecule has 0 aliphatic heterocycles. The topological polar surface area (TPSA) is 109 Å². The first kappa shape index (κ1) is 13.0. The van der Waals surface area contributed by atoms with Crippen molar-refractivity contribution in [2.75, 3.05) is 5.73 Å². The molecule has 0 atom stereocenters. The Labute approximate surface area is 118 Å². The smallest absolute Gasteiger partial charge is 0.332 e. The summed E-state index contributed by atoms with van der Waals surface area (Å²) < 4.78 is 2.24. The van der Waals surface area contributed by atoms with Crippen LogP contribution < -0.4 is 17.0 Å². The lowest BCUT2D eigenvalue weighted by Crippen LogP contribution is -2.38. The van der Waals surface area contributed by atoms with Crippen molar-refractivity contribution in [2.24, 2.45) is 14.1 Å². The summed E-state index contributed by atoms with van der Waals surface area (Å²) in [5.74, 6) is 0.325. The summed E-state index contributed by atoms with van der Waals surface area (Å²) in [6.45, 7) is 0. The van der Waals surface area contributed by atoms with Gasteiger partial charge in [-0.1, -0.05) is 0 Å². The normalized spacial score (nSPS) is 11.0. The monoisotopic (exact) mass is 284 g/mol.